The summed E-state index contributed by atoms with van der Waals surface area (Å²) in [6.07, 6.45) is 0. The van der Waals surface area contributed by atoms with E-state index in [0.717, 1.165) is 33.4 Å². The minimum Gasteiger partial charge on any atom is -0.368 e. The monoisotopic (exact) mass is 459 g/mol. The summed E-state index contributed by atoms with van der Waals surface area (Å²) in [5.74, 6) is -0.262. The van der Waals surface area contributed by atoms with E-state index in [9.17, 15) is 9.18 Å². The molecule has 0 saturated carbocycles. The number of aryl methyl sites for hydroxylation is 1. The number of halogens is 2. The quantitative estimate of drug-likeness (QED) is 0.379. The predicted molar refractivity (Wildman–Crippen MR) is 131 cm³/mol. The summed E-state index contributed by atoms with van der Waals surface area (Å²) < 4.78 is 13.3. The van der Waals surface area contributed by atoms with E-state index in [0.29, 0.717) is 36.8 Å². The molecule has 2 heterocycles. The first-order valence-corrected chi connectivity index (χ1v) is 11.3. The Bertz CT molecular complexity index is 1320. The van der Waals surface area contributed by atoms with Crippen molar-refractivity contribution in [1.82, 2.24) is 9.88 Å². The molecule has 0 N–H and O–H groups in total. The normalized spacial score (nSPS) is 14.0. The number of fused-ring (bicyclic) bond motifs is 1. The number of hydrogen-bond donors (Lipinski definition) is 0. The van der Waals surface area contributed by atoms with Gasteiger partial charge in [-0.2, -0.15) is 0 Å². The van der Waals surface area contributed by atoms with Gasteiger partial charge in [-0.1, -0.05) is 48.0 Å². The van der Waals surface area contributed by atoms with Gasteiger partial charge in [-0.3, -0.25) is 4.79 Å². The van der Waals surface area contributed by atoms with Crippen molar-refractivity contribution < 1.29 is 9.18 Å². The van der Waals surface area contributed by atoms with Crippen molar-refractivity contribution >= 4 is 34.1 Å². The molecule has 5 rings (SSSR count). The molecule has 1 aliphatic heterocycles. The van der Waals surface area contributed by atoms with Crippen LogP contribution in [-0.2, 0) is 0 Å². The molecule has 1 amide bonds. The van der Waals surface area contributed by atoms with Crippen LogP contribution >= 0.6 is 11.6 Å². The van der Waals surface area contributed by atoms with Crippen LogP contribution in [0.5, 0.6) is 0 Å². The van der Waals surface area contributed by atoms with Crippen LogP contribution in [0.1, 0.15) is 15.9 Å². The molecule has 0 aliphatic carbocycles. The third-order valence-corrected chi connectivity index (χ3v) is 6.64. The van der Waals surface area contributed by atoms with E-state index in [1.165, 1.54) is 12.1 Å². The lowest BCUT2D eigenvalue weighted by Gasteiger charge is -2.36. The molecule has 166 valence electrons. The number of hydrogen-bond acceptors (Lipinski definition) is 3. The maximum Gasteiger partial charge on any atom is 0.254 e. The molecule has 33 heavy (non-hydrogen) atoms. The molecule has 1 fully saturated rings. The van der Waals surface area contributed by atoms with Gasteiger partial charge in [0, 0.05) is 47.8 Å². The minimum atomic E-state index is -0.248. The number of anilines is 1. The second kappa shape index (κ2) is 8.83. The molecule has 0 radical (unpaired) electrons. The second-order valence-electron chi connectivity index (χ2n) is 8.25. The number of rotatable bonds is 3. The standard InChI is InChI=1S/C27H23ClFN3O/c1-18-24(28)12-11-22-23(17-25(30-26(18)22)19-5-3-2-4-6-19)27(33)32-15-13-31(14-16-32)21-9-7-20(29)8-10-21/h2-12,17H,13-16H2,1H3. The van der Waals surface area contributed by atoms with Gasteiger partial charge in [0.1, 0.15) is 5.82 Å². The Hall–Kier alpha value is -3.44. The van der Waals surface area contributed by atoms with Crippen molar-refractivity contribution in [2.75, 3.05) is 31.1 Å². The molecule has 0 unspecified atom stereocenters. The SMILES string of the molecule is Cc1c(Cl)ccc2c(C(=O)N3CCN(c4ccc(F)cc4)CC3)cc(-c3ccccc3)nc12. The first-order valence-electron chi connectivity index (χ1n) is 11.0. The van der Waals surface area contributed by atoms with Gasteiger partial charge in [0.2, 0.25) is 0 Å². The predicted octanol–water partition coefficient (Wildman–Crippen LogP) is 5.97. The Kier molecular flexibility index (Phi) is 5.73. The highest BCUT2D eigenvalue weighted by molar-refractivity contribution is 6.32. The number of piperazine rings is 1. The molecular formula is C27H23ClFN3O. The Balaban J connectivity index is 1.48. The van der Waals surface area contributed by atoms with E-state index < -0.39 is 0 Å². The summed E-state index contributed by atoms with van der Waals surface area (Å²) >= 11 is 6.39. The summed E-state index contributed by atoms with van der Waals surface area (Å²) in [6, 6.07) is 21.9. The average Bonchev–Trinajstić information content (AvgIpc) is 2.86. The first kappa shape index (κ1) is 21.4. The van der Waals surface area contributed by atoms with Gasteiger partial charge < -0.3 is 9.80 Å². The number of carbonyl (C=O) groups excluding carboxylic acids is 1. The first-order chi connectivity index (χ1) is 16.0. The molecule has 4 aromatic rings. The third-order valence-electron chi connectivity index (χ3n) is 6.23. The number of carbonyl (C=O) groups is 1. The van der Waals surface area contributed by atoms with Crippen LogP contribution in [-0.4, -0.2) is 42.0 Å². The van der Waals surface area contributed by atoms with Crippen molar-refractivity contribution in [2.24, 2.45) is 0 Å². The summed E-state index contributed by atoms with van der Waals surface area (Å²) in [7, 11) is 0. The Morgan fingerprint density at radius 3 is 2.33 bits per heavy atom. The van der Waals surface area contributed by atoms with Gasteiger partial charge in [0.15, 0.2) is 0 Å². The molecule has 4 nitrogen and oxygen atoms in total. The van der Waals surface area contributed by atoms with E-state index in [1.54, 1.807) is 12.1 Å². The fraction of sp³-hybridized carbons (Fsp3) is 0.185. The van der Waals surface area contributed by atoms with Gasteiger partial charge in [0.05, 0.1) is 16.8 Å². The molecule has 0 atom stereocenters. The van der Waals surface area contributed by atoms with Gasteiger partial charge in [-0.25, -0.2) is 9.37 Å². The summed E-state index contributed by atoms with van der Waals surface area (Å²) in [6.45, 7) is 4.50. The summed E-state index contributed by atoms with van der Waals surface area (Å²) in [5, 5.41) is 1.44. The lowest BCUT2D eigenvalue weighted by molar-refractivity contribution is 0.0748. The second-order valence-corrected chi connectivity index (χ2v) is 8.65. The maximum absolute atomic E-state index is 13.7. The highest BCUT2D eigenvalue weighted by Gasteiger charge is 2.25. The van der Waals surface area contributed by atoms with E-state index in [2.05, 4.69) is 4.90 Å². The lowest BCUT2D eigenvalue weighted by atomic mass is 10.0. The zero-order chi connectivity index (χ0) is 22.9. The molecule has 0 bridgehead atoms. The van der Waals surface area contributed by atoms with E-state index >= 15 is 0 Å². The van der Waals surface area contributed by atoms with Crippen molar-refractivity contribution in [2.45, 2.75) is 6.92 Å². The molecular weight excluding hydrogens is 437 g/mol. The maximum atomic E-state index is 13.7. The number of amides is 1. The average molecular weight is 460 g/mol. The van der Waals surface area contributed by atoms with Crippen molar-refractivity contribution in [3.63, 3.8) is 0 Å². The largest absolute Gasteiger partial charge is 0.368 e. The van der Waals surface area contributed by atoms with E-state index in [-0.39, 0.29) is 11.7 Å². The molecule has 6 heteroatoms. The Morgan fingerprint density at radius 2 is 1.64 bits per heavy atom. The highest BCUT2D eigenvalue weighted by Crippen LogP contribution is 2.31. The Labute approximate surface area is 197 Å². The van der Waals surface area contributed by atoms with Crippen molar-refractivity contribution in [3.8, 4) is 11.3 Å². The van der Waals surface area contributed by atoms with Crippen LogP contribution in [0.2, 0.25) is 5.02 Å². The van der Waals surface area contributed by atoms with Gasteiger partial charge in [-0.05, 0) is 48.9 Å². The van der Waals surface area contributed by atoms with Gasteiger partial charge in [-0.15, -0.1) is 0 Å². The lowest BCUT2D eigenvalue weighted by Crippen LogP contribution is -2.48. The zero-order valence-electron chi connectivity index (χ0n) is 18.3. The van der Waals surface area contributed by atoms with Crippen LogP contribution in [0.4, 0.5) is 10.1 Å². The van der Waals surface area contributed by atoms with Crippen molar-refractivity contribution in [1.29, 1.82) is 0 Å². The summed E-state index contributed by atoms with van der Waals surface area (Å²) in [5.41, 5.74) is 4.92. The number of nitrogens with zero attached hydrogens (tertiary/aromatic N) is 3. The van der Waals surface area contributed by atoms with E-state index in [1.807, 2.05) is 60.4 Å². The third kappa shape index (κ3) is 4.16. The fourth-order valence-electron chi connectivity index (χ4n) is 4.33. The summed E-state index contributed by atoms with van der Waals surface area (Å²) in [4.78, 5) is 22.6. The number of aromatic nitrogens is 1. The minimum absolute atomic E-state index is 0.0138. The number of benzene rings is 3. The van der Waals surface area contributed by atoms with Crippen LogP contribution in [0.25, 0.3) is 22.2 Å². The fourth-order valence-corrected chi connectivity index (χ4v) is 4.48. The molecule has 0 spiro atoms. The van der Waals surface area contributed by atoms with Crippen LogP contribution in [0.15, 0.2) is 72.8 Å². The van der Waals surface area contributed by atoms with Crippen LogP contribution < -0.4 is 4.90 Å². The van der Waals surface area contributed by atoms with Crippen LogP contribution in [0, 0.1) is 12.7 Å². The van der Waals surface area contributed by atoms with Gasteiger partial charge >= 0.3 is 0 Å². The van der Waals surface area contributed by atoms with Gasteiger partial charge in [0.25, 0.3) is 5.91 Å². The van der Waals surface area contributed by atoms with E-state index in [4.69, 9.17) is 16.6 Å². The molecule has 1 aliphatic rings. The smallest absolute Gasteiger partial charge is 0.254 e. The Morgan fingerprint density at radius 1 is 0.939 bits per heavy atom. The van der Waals surface area contributed by atoms with Crippen molar-refractivity contribution in [3.05, 3.63) is 94.8 Å². The number of pyridine rings is 1. The van der Waals surface area contributed by atoms with Crippen LogP contribution in [0.3, 0.4) is 0 Å². The topological polar surface area (TPSA) is 36.4 Å². The zero-order valence-corrected chi connectivity index (χ0v) is 19.0. The molecule has 1 aromatic heterocycles. The highest BCUT2D eigenvalue weighted by atomic mass is 35.5. The molecule has 1 saturated heterocycles. The molecule has 3 aromatic carbocycles.